The van der Waals surface area contributed by atoms with Crippen LogP contribution in [0.2, 0.25) is 0 Å². The Balaban J connectivity index is 2.19. The Morgan fingerprint density at radius 3 is 2.82 bits per heavy atom. The summed E-state index contributed by atoms with van der Waals surface area (Å²) in [6.45, 7) is 6.68. The van der Waals surface area contributed by atoms with Crippen LogP contribution < -0.4 is 10.2 Å². The van der Waals surface area contributed by atoms with E-state index in [1.807, 2.05) is 0 Å². The van der Waals surface area contributed by atoms with Gasteiger partial charge in [-0.3, -0.25) is 0 Å². The minimum absolute atomic E-state index is 0.246. The van der Waals surface area contributed by atoms with Crippen molar-refractivity contribution in [3.63, 3.8) is 0 Å². The highest BCUT2D eigenvalue weighted by Crippen LogP contribution is 2.28. The molecule has 1 heterocycles. The first kappa shape index (κ1) is 12.9. The largest absolute Gasteiger partial charge is 0.370 e. The van der Waals surface area contributed by atoms with E-state index >= 15 is 0 Å². The first-order valence-electron chi connectivity index (χ1n) is 6.24. The highest BCUT2D eigenvalue weighted by molar-refractivity contribution is 9.10. The van der Waals surface area contributed by atoms with E-state index in [2.05, 4.69) is 65.2 Å². The summed E-state index contributed by atoms with van der Waals surface area (Å²) in [5.41, 5.74) is 2.86. The minimum Gasteiger partial charge on any atom is -0.370 e. The lowest BCUT2D eigenvalue weighted by molar-refractivity contribution is 0.316. The van der Waals surface area contributed by atoms with E-state index in [0.717, 1.165) is 13.1 Å². The first-order chi connectivity index (χ1) is 8.04. The molecule has 17 heavy (non-hydrogen) atoms. The fourth-order valence-corrected chi connectivity index (χ4v) is 2.81. The Labute approximate surface area is 113 Å². The Kier molecular flexibility index (Phi) is 3.79. The normalized spacial score (nSPS) is 25.1. The summed E-state index contributed by atoms with van der Waals surface area (Å²) in [6.07, 6.45) is 2.51. The zero-order valence-corrected chi connectivity index (χ0v) is 12.5. The number of benzene rings is 1. The Morgan fingerprint density at radius 1 is 1.41 bits per heavy atom. The van der Waals surface area contributed by atoms with Crippen LogP contribution in [-0.4, -0.2) is 25.7 Å². The molecule has 0 bridgehead atoms. The van der Waals surface area contributed by atoms with E-state index in [1.54, 1.807) is 0 Å². The molecule has 1 aromatic carbocycles. The third-order valence-electron chi connectivity index (χ3n) is 3.82. The van der Waals surface area contributed by atoms with Gasteiger partial charge in [0.25, 0.3) is 0 Å². The lowest BCUT2D eigenvalue weighted by Crippen LogP contribution is -2.53. The maximum absolute atomic E-state index is 3.62. The molecule has 2 nitrogen and oxygen atoms in total. The number of aryl methyl sites for hydroxylation is 1. The number of hydrogen-bond donors (Lipinski definition) is 1. The van der Waals surface area contributed by atoms with E-state index in [0.29, 0.717) is 0 Å². The molecule has 0 spiro atoms. The van der Waals surface area contributed by atoms with Gasteiger partial charge in [-0.25, -0.2) is 0 Å². The van der Waals surface area contributed by atoms with Crippen LogP contribution in [0.3, 0.4) is 0 Å². The van der Waals surface area contributed by atoms with Gasteiger partial charge in [-0.05, 0) is 51.4 Å². The van der Waals surface area contributed by atoms with Crippen molar-refractivity contribution in [3.8, 4) is 0 Å². The van der Waals surface area contributed by atoms with E-state index in [9.17, 15) is 0 Å². The molecule has 1 fully saturated rings. The molecule has 1 aliphatic heterocycles. The number of anilines is 1. The van der Waals surface area contributed by atoms with Gasteiger partial charge in [-0.2, -0.15) is 0 Å². The highest BCUT2D eigenvalue weighted by atomic mass is 79.9. The number of likely N-dealkylation sites (N-methyl/N-ethyl adjacent to an activating group) is 1. The summed E-state index contributed by atoms with van der Waals surface area (Å²) < 4.78 is 1.20. The molecule has 0 radical (unpaired) electrons. The molecule has 94 valence electrons. The van der Waals surface area contributed by atoms with Crippen LogP contribution in [0.4, 0.5) is 5.69 Å². The lowest BCUT2D eigenvalue weighted by Gasteiger charge is -2.41. The summed E-state index contributed by atoms with van der Waals surface area (Å²) in [5, 5.41) is 3.45. The van der Waals surface area contributed by atoms with Gasteiger partial charge < -0.3 is 10.2 Å². The number of rotatable bonds is 2. The van der Waals surface area contributed by atoms with Crippen LogP contribution in [0.15, 0.2) is 22.7 Å². The second kappa shape index (κ2) is 4.99. The molecule has 1 N–H and O–H groups in total. The maximum atomic E-state index is 3.62. The first-order valence-corrected chi connectivity index (χ1v) is 7.03. The molecule has 1 aliphatic rings. The van der Waals surface area contributed by atoms with Crippen LogP contribution >= 0.6 is 15.9 Å². The zero-order valence-electron chi connectivity index (χ0n) is 10.9. The molecule has 1 atom stereocenters. The number of piperidine rings is 1. The van der Waals surface area contributed by atoms with Crippen molar-refractivity contribution in [1.29, 1.82) is 0 Å². The van der Waals surface area contributed by atoms with Crippen LogP contribution in [0.1, 0.15) is 25.3 Å². The Bertz CT molecular complexity index is 405. The lowest BCUT2D eigenvalue weighted by atomic mass is 9.91. The summed E-state index contributed by atoms with van der Waals surface area (Å²) in [5.74, 6) is 0. The maximum Gasteiger partial charge on any atom is 0.0378 e. The molecule has 0 saturated carbocycles. The van der Waals surface area contributed by atoms with Gasteiger partial charge in [-0.1, -0.05) is 22.0 Å². The highest BCUT2D eigenvalue weighted by Gasteiger charge is 2.29. The predicted octanol–water partition coefficient (Wildman–Crippen LogP) is 3.34. The predicted molar refractivity (Wildman–Crippen MR) is 77.8 cm³/mol. The average molecular weight is 297 g/mol. The molecule has 1 aromatic rings. The molecular formula is C14H21BrN2. The fraction of sp³-hybridized carbons (Fsp3) is 0.571. The molecule has 1 unspecified atom stereocenters. The Morgan fingerprint density at radius 2 is 2.18 bits per heavy atom. The van der Waals surface area contributed by atoms with Crippen LogP contribution in [0.25, 0.3) is 0 Å². The van der Waals surface area contributed by atoms with Gasteiger partial charge >= 0.3 is 0 Å². The SMILES string of the molecule is CNC1(C)CCCN(c2ccc(C)c(Br)c2)C1. The summed E-state index contributed by atoms with van der Waals surface area (Å²) in [6, 6.07) is 6.64. The molecule has 0 aromatic heterocycles. The molecular weight excluding hydrogens is 276 g/mol. The summed E-state index contributed by atoms with van der Waals surface area (Å²) >= 11 is 3.62. The van der Waals surface area contributed by atoms with E-state index in [1.165, 1.54) is 28.6 Å². The second-order valence-electron chi connectivity index (χ2n) is 5.27. The third kappa shape index (κ3) is 2.83. The van der Waals surface area contributed by atoms with E-state index in [-0.39, 0.29) is 5.54 Å². The van der Waals surface area contributed by atoms with E-state index in [4.69, 9.17) is 0 Å². The standard InChI is InChI=1S/C14H21BrN2/c1-11-5-6-12(9-13(11)15)17-8-4-7-14(2,10-17)16-3/h5-6,9,16H,4,7-8,10H2,1-3H3. The van der Waals surface area contributed by atoms with Crippen LogP contribution in [0, 0.1) is 6.92 Å². The van der Waals surface area contributed by atoms with Gasteiger partial charge in [0.2, 0.25) is 0 Å². The smallest absolute Gasteiger partial charge is 0.0378 e. The molecule has 0 amide bonds. The quantitative estimate of drug-likeness (QED) is 0.900. The van der Waals surface area contributed by atoms with Crippen molar-refractivity contribution in [2.24, 2.45) is 0 Å². The number of nitrogens with one attached hydrogen (secondary N) is 1. The zero-order chi connectivity index (χ0) is 12.5. The summed E-state index contributed by atoms with van der Waals surface area (Å²) in [7, 11) is 2.06. The Hall–Kier alpha value is -0.540. The van der Waals surface area contributed by atoms with Gasteiger partial charge in [-0.15, -0.1) is 0 Å². The fourth-order valence-electron chi connectivity index (χ4n) is 2.44. The van der Waals surface area contributed by atoms with Gasteiger partial charge in [0.05, 0.1) is 0 Å². The van der Waals surface area contributed by atoms with Crippen LogP contribution in [-0.2, 0) is 0 Å². The van der Waals surface area contributed by atoms with Crippen molar-refractivity contribution in [2.75, 3.05) is 25.0 Å². The van der Waals surface area contributed by atoms with Gasteiger partial charge in [0.15, 0.2) is 0 Å². The second-order valence-corrected chi connectivity index (χ2v) is 6.12. The molecule has 0 aliphatic carbocycles. The average Bonchev–Trinajstić information content (AvgIpc) is 2.33. The van der Waals surface area contributed by atoms with Crippen molar-refractivity contribution in [1.82, 2.24) is 5.32 Å². The molecule has 2 rings (SSSR count). The summed E-state index contributed by atoms with van der Waals surface area (Å²) in [4.78, 5) is 2.48. The van der Waals surface area contributed by atoms with Crippen molar-refractivity contribution in [2.45, 2.75) is 32.2 Å². The monoisotopic (exact) mass is 296 g/mol. The van der Waals surface area contributed by atoms with Crippen molar-refractivity contribution >= 4 is 21.6 Å². The minimum atomic E-state index is 0.246. The van der Waals surface area contributed by atoms with Gasteiger partial charge in [0.1, 0.15) is 0 Å². The number of hydrogen-bond acceptors (Lipinski definition) is 2. The van der Waals surface area contributed by atoms with Crippen molar-refractivity contribution in [3.05, 3.63) is 28.2 Å². The van der Waals surface area contributed by atoms with Gasteiger partial charge in [0, 0.05) is 28.8 Å². The molecule has 3 heteroatoms. The molecule has 1 saturated heterocycles. The number of nitrogens with zero attached hydrogens (tertiary/aromatic N) is 1. The number of halogens is 1. The van der Waals surface area contributed by atoms with E-state index < -0.39 is 0 Å². The van der Waals surface area contributed by atoms with Crippen LogP contribution in [0.5, 0.6) is 0 Å². The van der Waals surface area contributed by atoms with Crippen molar-refractivity contribution < 1.29 is 0 Å². The topological polar surface area (TPSA) is 15.3 Å². The third-order valence-corrected chi connectivity index (χ3v) is 4.67.